The van der Waals surface area contributed by atoms with Crippen LogP contribution in [0, 0.1) is 11.6 Å². The van der Waals surface area contributed by atoms with Crippen molar-refractivity contribution in [1.29, 1.82) is 0 Å². The third-order valence-corrected chi connectivity index (χ3v) is 5.76. The highest BCUT2D eigenvalue weighted by Gasteiger charge is 2.21. The van der Waals surface area contributed by atoms with Crippen LogP contribution in [0.4, 0.5) is 14.5 Å². The molecule has 0 aromatic heterocycles. The van der Waals surface area contributed by atoms with E-state index in [0.717, 1.165) is 16.4 Å². The molecule has 28 heavy (non-hydrogen) atoms. The monoisotopic (exact) mass is 403 g/mol. The lowest BCUT2D eigenvalue weighted by molar-refractivity contribution is 0.0730. The molecular formula is C20H15F2NO4S. The minimum absolute atomic E-state index is 0.0861. The summed E-state index contributed by atoms with van der Waals surface area (Å²) in [5.41, 5.74) is -0.0640. The molecule has 0 aliphatic rings. The maximum atomic E-state index is 13.7. The molecule has 0 unspecified atom stereocenters. The molecule has 0 radical (unpaired) electrons. The first-order valence-corrected chi connectivity index (χ1v) is 9.54. The molecule has 0 atom stereocenters. The van der Waals surface area contributed by atoms with Gasteiger partial charge in [0.1, 0.15) is 17.4 Å². The first kappa shape index (κ1) is 19.5. The Kier molecular flexibility index (Phi) is 5.41. The Morgan fingerprint density at radius 1 is 0.929 bits per heavy atom. The van der Waals surface area contributed by atoms with Crippen LogP contribution in [0.3, 0.4) is 0 Å². The summed E-state index contributed by atoms with van der Waals surface area (Å²) in [7, 11) is -2.34. The Morgan fingerprint density at radius 2 is 1.57 bits per heavy atom. The van der Waals surface area contributed by atoms with Gasteiger partial charge in [-0.2, -0.15) is 0 Å². The van der Waals surface area contributed by atoms with Crippen LogP contribution < -0.4 is 9.04 Å². The summed E-state index contributed by atoms with van der Waals surface area (Å²) in [6.07, 6.45) is 0. The number of carbonyl (C=O) groups excluding carboxylic acids is 1. The molecule has 8 heteroatoms. The smallest absolute Gasteiger partial charge is 0.346 e. The molecule has 0 N–H and O–H groups in total. The maximum absolute atomic E-state index is 13.7. The van der Waals surface area contributed by atoms with E-state index in [4.69, 9.17) is 4.74 Å². The van der Waals surface area contributed by atoms with E-state index in [1.165, 1.54) is 43.4 Å². The van der Waals surface area contributed by atoms with Crippen molar-refractivity contribution in [2.45, 2.75) is 4.90 Å². The summed E-state index contributed by atoms with van der Waals surface area (Å²) in [5, 5.41) is 0. The molecule has 5 nitrogen and oxygen atoms in total. The minimum atomic E-state index is -3.74. The summed E-state index contributed by atoms with van der Waals surface area (Å²) < 4.78 is 58.0. The van der Waals surface area contributed by atoms with Crippen LogP contribution in [0.25, 0.3) is 0 Å². The van der Waals surface area contributed by atoms with Gasteiger partial charge in [0.2, 0.25) is 0 Å². The van der Waals surface area contributed by atoms with Crippen molar-refractivity contribution < 1.29 is 26.7 Å². The summed E-state index contributed by atoms with van der Waals surface area (Å²) in [6, 6.07) is 16.1. The predicted molar refractivity (Wildman–Crippen MR) is 99.8 cm³/mol. The predicted octanol–water partition coefficient (Wildman–Crippen LogP) is 4.01. The lowest BCUT2D eigenvalue weighted by atomic mass is 10.2. The molecule has 0 aliphatic carbocycles. The summed E-state index contributed by atoms with van der Waals surface area (Å²) >= 11 is 0. The average Bonchev–Trinajstić information content (AvgIpc) is 2.68. The molecule has 0 saturated carbocycles. The zero-order chi connectivity index (χ0) is 20.3. The third-order valence-electron chi connectivity index (χ3n) is 3.96. The highest BCUT2D eigenvalue weighted by molar-refractivity contribution is 7.92. The van der Waals surface area contributed by atoms with Crippen LogP contribution in [0.5, 0.6) is 5.75 Å². The highest BCUT2D eigenvalue weighted by Crippen LogP contribution is 2.25. The molecule has 0 spiro atoms. The van der Waals surface area contributed by atoms with E-state index in [-0.39, 0.29) is 10.6 Å². The fraction of sp³-hybridized carbons (Fsp3) is 0.0500. The van der Waals surface area contributed by atoms with E-state index >= 15 is 0 Å². The van der Waals surface area contributed by atoms with Gasteiger partial charge in [0.25, 0.3) is 10.0 Å². The molecule has 3 rings (SSSR count). The number of hydrogen-bond donors (Lipinski definition) is 0. The number of nitrogens with zero attached hydrogens (tertiary/aromatic N) is 1. The van der Waals surface area contributed by atoms with Gasteiger partial charge < -0.3 is 4.74 Å². The number of ether oxygens (including phenoxy) is 1. The van der Waals surface area contributed by atoms with Crippen molar-refractivity contribution in [3.05, 3.63) is 90.0 Å². The lowest BCUT2D eigenvalue weighted by Crippen LogP contribution is -2.26. The van der Waals surface area contributed by atoms with Crippen LogP contribution in [-0.4, -0.2) is 21.4 Å². The van der Waals surface area contributed by atoms with Crippen LogP contribution in [0.1, 0.15) is 10.4 Å². The Bertz CT molecular complexity index is 1100. The van der Waals surface area contributed by atoms with E-state index in [2.05, 4.69) is 0 Å². The number of hydrogen-bond acceptors (Lipinski definition) is 4. The minimum Gasteiger partial charge on any atom is -0.423 e. The van der Waals surface area contributed by atoms with Crippen molar-refractivity contribution >= 4 is 21.7 Å². The van der Waals surface area contributed by atoms with Gasteiger partial charge in [-0.1, -0.05) is 18.2 Å². The van der Waals surface area contributed by atoms with E-state index in [0.29, 0.717) is 11.8 Å². The zero-order valence-electron chi connectivity index (χ0n) is 14.7. The lowest BCUT2D eigenvalue weighted by Gasteiger charge is -2.19. The quantitative estimate of drug-likeness (QED) is 0.477. The van der Waals surface area contributed by atoms with E-state index < -0.39 is 33.2 Å². The molecule has 0 amide bonds. The first-order chi connectivity index (χ1) is 13.3. The maximum Gasteiger partial charge on any atom is 0.346 e. The Balaban J connectivity index is 1.77. The molecule has 3 aromatic rings. The second-order valence-corrected chi connectivity index (χ2v) is 7.76. The van der Waals surface area contributed by atoms with Crippen molar-refractivity contribution in [2.75, 3.05) is 11.4 Å². The van der Waals surface area contributed by atoms with Crippen LogP contribution in [0.15, 0.2) is 77.7 Å². The van der Waals surface area contributed by atoms with Crippen LogP contribution in [-0.2, 0) is 10.0 Å². The number of anilines is 1. The molecular weight excluding hydrogens is 388 g/mol. The van der Waals surface area contributed by atoms with Gasteiger partial charge in [-0.25, -0.2) is 22.0 Å². The second kappa shape index (κ2) is 7.77. The van der Waals surface area contributed by atoms with Crippen LogP contribution >= 0.6 is 0 Å². The van der Waals surface area contributed by atoms with E-state index in [1.54, 1.807) is 18.2 Å². The average molecular weight is 403 g/mol. The van der Waals surface area contributed by atoms with Gasteiger partial charge in [0.05, 0.1) is 16.1 Å². The first-order valence-electron chi connectivity index (χ1n) is 8.10. The standard InChI is InChI=1S/C20H15F2NO4S/c1-23(28(25,26)17-5-3-2-4-6-17)15-8-10-16(11-9-15)27-20(24)18-12-7-14(21)13-19(18)22/h2-13H,1H3. The number of esters is 1. The summed E-state index contributed by atoms with van der Waals surface area (Å²) in [6.45, 7) is 0. The van der Waals surface area contributed by atoms with Crippen molar-refractivity contribution in [3.63, 3.8) is 0 Å². The van der Waals surface area contributed by atoms with Gasteiger partial charge >= 0.3 is 5.97 Å². The summed E-state index contributed by atoms with van der Waals surface area (Å²) in [5.74, 6) is -2.74. The molecule has 0 heterocycles. The van der Waals surface area contributed by atoms with E-state index in [9.17, 15) is 22.0 Å². The number of carbonyl (C=O) groups is 1. The topological polar surface area (TPSA) is 63.7 Å². The normalized spacial score (nSPS) is 11.1. The third kappa shape index (κ3) is 4.01. The van der Waals surface area contributed by atoms with Gasteiger partial charge in [0.15, 0.2) is 0 Å². The molecule has 0 aliphatic heterocycles. The Labute approximate surface area is 160 Å². The van der Waals surface area contributed by atoms with Gasteiger partial charge in [-0.3, -0.25) is 4.31 Å². The largest absolute Gasteiger partial charge is 0.423 e. The zero-order valence-corrected chi connectivity index (χ0v) is 15.5. The molecule has 0 saturated heterocycles. The molecule has 3 aromatic carbocycles. The summed E-state index contributed by atoms with van der Waals surface area (Å²) in [4.78, 5) is 12.2. The Hall–Kier alpha value is -3.26. The number of rotatable bonds is 5. The molecule has 0 fully saturated rings. The van der Waals surface area contributed by atoms with Gasteiger partial charge in [-0.05, 0) is 48.5 Å². The second-order valence-electron chi connectivity index (χ2n) is 5.79. The SMILES string of the molecule is CN(c1ccc(OC(=O)c2ccc(F)cc2F)cc1)S(=O)(=O)c1ccccc1. The van der Waals surface area contributed by atoms with Crippen LogP contribution in [0.2, 0.25) is 0 Å². The molecule has 0 bridgehead atoms. The van der Waals surface area contributed by atoms with Crippen molar-refractivity contribution in [3.8, 4) is 5.75 Å². The highest BCUT2D eigenvalue weighted by atomic mass is 32.2. The van der Waals surface area contributed by atoms with Gasteiger partial charge in [0, 0.05) is 13.1 Å². The molecule has 144 valence electrons. The number of halogens is 2. The van der Waals surface area contributed by atoms with Crippen molar-refractivity contribution in [1.82, 2.24) is 0 Å². The number of sulfonamides is 1. The fourth-order valence-electron chi connectivity index (χ4n) is 2.43. The van der Waals surface area contributed by atoms with Crippen molar-refractivity contribution in [2.24, 2.45) is 0 Å². The van der Waals surface area contributed by atoms with Gasteiger partial charge in [-0.15, -0.1) is 0 Å². The number of benzene rings is 3. The Morgan fingerprint density at radius 3 is 2.18 bits per heavy atom. The van der Waals surface area contributed by atoms with E-state index in [1.807, 2.05) is 0 Å². The fourth-order valence-corrected chi connectivity index (χ4v) is 3.65.